The van der Waals surface area contributed by atoms with Gasteiger partial charge in [-0.25, -0.2) is 0 Å². The van der Waals surface area contributed by atoms with E-state index in [0.717, 1.165) is 18.1 Å². The van der Waals surface area contributed by atoms with Gasteiger partial charge in [-0.15, -0.1) is 0 Å². The van der Waals surface area contributed by atoms with Gasteiger partial charge in [0.15, 0.2) is 5.17 Å². The summed E-state index contributed by atoms with van der Waals surface area (Å²) in [6.45, 7) is 5.39. The predicted octanol–water partition coefficient (Wildman–Crippen LogP) is 3.93. The van der Waals surface area contributed by atoms with E-state index < -0.39 is 0 Å². The number of hydrogen-bond donors (Lipinski definition) is 1. The molecule has 1 aliphatic rings. The van der Waals surface area contributed by atoms with Crippen LogP contribution in [0.4, 0.5) is 5.69 Å². The fourth-order valence-electron chi connectivity index (χ4n) is 2.02. The molecule has 0 aromatic heterocycles. The van der Waals surface area contributed by atoms with Crippen molar-refractivity contribution in [3.05, 3.63) is 29.8 Å². The van der Waals surface area contributed by atoms with E-state index in [1.54, 1.807) is 0 Å². The smallest absolute Gasteiger partial charge is 0.161 e. The van der Waals surface area contributed by atoms with Crippen molar-refractivity contribution in [3.8, 4) is 0 Å². The Labute approximate surface area is 108 Å². The monoisotopic (exact) mass is 248 g/mol. The molecule has 17 heavy (non-hydrogen) atoms. The topological polar surface area (TPSA) is 24.4 Å². The molecule has 1 atom stereocenters. The summed E-state index contributed by atoms with van der Waals surface area (Å²) < 4.78 is 0. The van der Waals surface area contributed by atoms with E-state index in [1.165, 1.54) is 24.1 Å². The molecule has 3 heteroatoms. The van der Waals surface area contributed by atoms with Crippen LogP contribution in [-0.4, -0.2) is 17.0 Å². The molecule has 2 nitrogen and oxygen atoms in total. The maximum atomic E-state index is 4.57. The molecule has 92 valence electrons. The van der Waals surface area contributed by atoms with Crippen LogP contribution in [0.5, 0.6) is 0 Å². The Morgan fingerprint density at radius 1 is 1.35 bits per heavy atom. The van der Waals surface area contributed by atoms with E-state index in [-0.39, 0.29) is 0 Å². The minimum Gasteiger partial charge on any atom is -0.335 e. The van der Waals surface area contributed by atoms with Crippen molar-refractivity contribution in [2.45, 2.75) is 38.4 Å². The van der Waals surface area contributed by atoms with Gasteiger partial charge in [0.1, 0.15) is 0 Å². The number of hydrogen-bond acceptors (Lipinski definition) is 3. The zero-order chi connectivity index (χ0) is 12.1. The van der Waals surface area contributed by atoms with E-state index in [0.29, 0.717) is 5.25 Å². The van der Waals surface area contributed by atoms with E-state index in [1.807, 2.05) is 11.8 Å². The largest absolute Gasteiger partial charge is 0.335 e. The maximum absolute atomic E-state index is 4.57. The number of thioether (sulfide) groups is 1. The van der Waals surface area contributed by atoms with Gasteiger partial charge in [-0.05, 0) is 24.5 Å². The van der Waals surface area contributed by atoms with Crippen molar-refractivity contribution in [2.75, 3.05) is 11.9 Å². The van der Waals surface area contributed by atoms with E-state index in [4.69, 9.17) is 0 Å². The van der Waals surface area contributed by atoms with Gasteiger partial charge in [0.05, 0.1) is 6.54 Å². The van der Waals surface area contributed by atoms with Crippen LogP contribution >= 0.6 is 11.8 Å². The van der Waals surface area contributed by atoms with E-state index in [2.05, 4.69) is 48.4 Å². The molecule has 0 saturated heterocycles. The second-order valence-corrected chi connectivity index (χ2v) is 5.60. The van der Waals surface area contributed by atoms with Crippen molar-refractivity contribution in [1.82, 2.24) is 0 Å². The van der Waals surface area contributed by atoms with Gasteiger partial charge in [-0.3, -0.25) is 4.99 Å². The number of benzene rings is 1. The number of nitrogens with zero attached hydrogens (tertiary/aromatic N) is 1. The fourth-order valence-corrected chi connectivity index (χ4v) is 3.16. The van der Waals surface area contributed by atoms with Crippen LogP contribution < -0.4 is 5.32 Å². The number of anilines is 1. The van der Waals surface area contributed by atoms with Crippen LogP contribution in [0.2, 0.25) is 0 Å². The number of aliphatic imine (C=N–C) groups is 1. The van der Waals surface area contributed by atoms with Crippen molar-refractivity contribution in [1.29, 1.82) is 0 Å². The van der Waals surface area contributed by atoms with Gasteiger partial charge in [0.25, 0.3) is 0 Å². The average Bonchev–Trinajstić information content (AvgIpc) is 2.78. The molecule has 0 amide bonds. The number of para-hydroxylation sites is 1. The zero-order valence-corrected chi connectivity index (χ0v) is 11.4. The number of amidine groups is 1. The summed E-state index contributed by atoms with van der Waals surface area (Å²) in [7, 11) is 0. The van der Waals surface area contributed by atoms with Crippen molar-refractivity contribution >= 4 is 22.6 Å². The highest BCUT2D eigenvalue weighted by molar-refractivity contribution is 8.15. The molecule has 0 bridgehead atoms. The molecule has 1 unspecified atom stereocenters. The third-order valence-electron chi connectivity index (χ3n) is 2.97. The van der Waals surface area contributed by atoms with Crippen LogP contribution in [0.15, 0.2) is 29.3 Å². The quantitative estimate of drug-likeness (QED) is 0.873. The van der Waals surface area contributed by atoms with Gasteiger partial charge < -0.3 is 5.32 Å². The summed E-state index contributed by atoms with van der Waals surface area (Å²) >= 11 is 1.89. The fraction of sp³-hybridized carbons (Fsp3) is 0.500. The Hall–Kier alpha value is -0.960. The van der Waals surface area contributed by atoms with Crippen molar-refractivity contribution in [3.63, 3.8) is 0 Å². The van der Waals surface area contributed by atoms with E-state index >= 15 is 0 Å². The first-order valence-electron chi connectivity index (χ1n) is 6.39. The van der Waals surface area contributed by atoms with Gasteiger partial charge in [0, 0.05) is 10.9 Å². The molecular weight excluding hydrogens is 228 g/mol. The Morgan fingerprint density at radius 3 is 2.94 bits per heavy atom. The number of nitrogens with one attached hydrogen (secondary N) is 1. The van der Waals surface area contributed by atoms with Gasteiger partial charge in [-0.2, -0.15) is 0 Å². The molecule has 0 fully saturated rings. The Bertz CT molecular complexity index is 401. The number of aryl methyl sites for hydroxylation is 1. The second kappa shape index (κ2) is 6.10. The molecule has 1 aliphatic heterocycles. The average molecular weight is 248 g/mol. The third-order valence-corrected chi connectivity index (χ3v) is 4.14. The zero-order valence-electron chi connectivity index (χ0n) is 10.6. The lowest BCUT2D eigenvalue weighted by Crippen LogP contribution is -2.08. The van der Waals surface area contributed by atoms with Crippen LogP contribution in [0.25, 0.3) is 0 Å². The SMILES string of the molecule is CCCC1CN=C(Nc2ccccc2CC)S1. The van der Waals surface area contributed by atoms with Gasteiger partial charge in [-0.1, -0.05) is 50.2 Å². The van der Waals surface area contributed by atoms with Gasteiger partial charge in [0.2, 0.25) is 0 Å². The van der Waals surface area contributed by atoms with E-state index in [9.17, 15) is 0 Å². The lowest BCUT2D eigenvalue weighted by molar-refractivity contribution is 0.754. The molecular formula is C14H20N2S. The van der Waals surface area contributed by atoms with Crippen LogP contribution in [0, 0.1) is 0 Å². The summed E-state index contributed by atoms with van der Waals surface area (Å²) in [6, 6.07) is 8.47. The highest BCUT2D eigenvalue weighted by Crippen LogP contribution is 2.26. The highest BCUT2D eigenvalue weighted by atomic mass is 32.2. The Kier molecular flexibility index (Phi) is 4.49. The normalized spacial score (nSPS) is 19.2. The molecule has 1 heterocycles. The molecule has 1 aromatic carbocycles. The molecule has 0 aliphatic carbocycles. The molecule has 1 aromatic rings. The summed E-state index contributed by atoms with van der Waals surface area (Å²) in [5, 5.41) is 5.23. The van der Waals surface area contributed by atoms with Crippen LogP contribution in [-0.2, 0) is 6.42 Å². The Balaban J connectivity index is 1.98. The standard InChI is InChI=1S/C14H20N2S/c1-3-7-12-10-15-14(17-12)16-13-9-6-5-8-11(13)4-2/h5-6,8-9,12H,3-4,7,10H2,1-2H3,(H,15,16). The molecule has 2 rings (SSSR count). The minimum atomic E-state index is 0.677. The van der Waals surface area contributed by atoms with Crippen LogP contribution in [0.1, 0.15) is 32.3 Å². The molecule has 1 N–H and O–H groups in total. The third kappa shape index (κ3) is 3.25. The lowest BCUT2D eigenvalue weighted by atomic mass is 10.1. The highest BCUT2D eigenvalue weighted by Gasteiger charge is 2.18. The summed E-state index contributed by atoms with van der Waals surface area (Å²) in [4.78, 5) is 4.57. The van der Waals surface area contributed by atoms with Crippen molar-refractivity contribution < 1.29 is 0 Å². The summed E-state index contributed by atoms with van der Waals surface area (Å²) in [5.41, 5.74) is 2.56. The summed E-state index contributed by atoms with van der Waals surface area (Å²) in [6.07, 6.45) is 3.56. The number of rotatable bonds is 4. The summed E-state index contributed by atoms with van der Waals surface area (Å²) in [5.74, 6) is 0. The first kappa shape index (κ1) is 12.5. The minimum absolute atomic E-state index is 0.677. The second-order valence-electron chi connectivity index (χ2n) is 4.31. The maximum Gasteiger partial charge on any atom is 0.161 e. The van der Waals surface area contributed by atoms with Crippen molar-refractivity contribution in [2.24, 2.45) is 4.99 Å². The Morgan fingerprint density at radius 2 is 2.18 bits per heavy atom. The first-order valence-corrected chi connectivity index (χ1v) is 7.27. The first-order chi connectivity index (χ1) is 8.33. The molecule has 0 spiro atoms. The molecule has 0 radical (unpaired) electrons. The van der Waals surface area contributed by atoms with Crippen LogP contribution in [0.3, 0.4) is 0 Å². The lowest BCUT2D eigenvalue weighted by Gasteiger charge is -2.11. The molecule has 0 saturated carbocycles. The predicted molar refractivity (Wildman–Crippen MR) is 78.0 cm³/mol. The van der Waals surface area contributed by atoms with Gasteiger partial charge >= 0.3 is 0 Å².